The molecule has 0 amide bonds. The zero-order valence-corrected chi connectivity index (χ0v) is 9.64. The van der Waals surface area contributed by atoms with Gasteiger partial charge in [0.2, 0.25) is 0 Å². The first kappa shape index (κ1) is 11.4. The van der Waals surface area contributed by atoms with Crippen molar-refractivity contribution in [1.29, 1.82) is 0 Å². The van der Waals surface area contributed by atoms with Gasteiger partial charge in [0.25, 0.3) is 0 Å². The van der Waals surface area contributed by atoms with Crippen LogP contribution in [0.3, 0.4) is 0 Å². The molecule has 0 saturated heterocycles. The standard InChI is InChI=1S/C12H13NO4/c1-7(14)8-3-4-11-9(5-8)13(2)10(6-17-11)12(15)16/h3-5,10H,6H2,1-2H3,(H,15,16). The predicted octanol–water partition coefficient (Wildman–Crippen LogP) is 1.17. The average molecular weight is 235 g/mol. The van der Waals surface area contributed by atoms with Gasteiger partial charge < -0.3 is 14.7 Å². The normalized spacial score (nSPS) is 18.2. The molecule has 1 aliphatic heterocycles. The number of fused-ring (bicyclic) bond motifs is 1. The number of likely N-dealkylation sites (N-methyl/N-ethyl adjacent to an activating group) is 1. The van der Waals surface area contributed by atoms with E-state index < -0.39 is 12.0 Å². The van der Waals surface area contributed by atoms with Crippen LogP contribution in [0.4, 0.5) is 5.69 Å². The molecule has 0 fully saturated rings. The molecular formula is C12H13NO4. The lowest BCUT2D eigenvalue weighted by molar-refractivity contribution is -0.139. The summed E-state index contributed by atoms with van der Waals surface area (Å²) in [6.45, 7) is 1.58. The number of nitrogens with zero attached hydrogens (tertiary/aromatic N) is 1. The van der Waals surface area contributed by atoms with E-state index in [2.05, 4.69) is 0 Å². The molecule has 1 atom stereocenters. The van der Waals surface area contributed by atoms with Crippen LogP contribution in [-0.2, 0) is 4.79 Å². The van der Waals surface area contributed by atoms with E-state index in [9.17, 15) is 9.59 Å². The molecule has 0 radical (unpaired) electrons. The second-order valence-corrected chi connectivity index (χ2v) is 4.01. The first-order valence-electron chi connectivity index (χ1n) is 5.24. The van der Waals surface area contributed by atoms with Crippen molar-refractivity contribution in [2.45, 2.75) is 13.0 Å². The molecule has 0 saturated carbocycles. The van der Waals surface area contributed by atoms with Crippen molar-refractivity contribution < 1.29 is 19.4 Å². The number of ketones is 1. The number of carbonyl (C=O) groups is 2. The number of ether oxygens (including phenoxy) is 1. The molecule has 5 heteroatoms. The van der Waals surface area contributed by atoms with E-state index in [-0.39, 0.29) is 12.4 Å². The lowest BCUT2D eigenvalue weighted by Gasteiger charge is -2.33. The van der Waals surface area contributed by atoms with Gasteiger partial charge in [0, 0.05) is 12.6 Å². The van der Waals surface area contributed by atoms with Crippen LogP contribution in [0, 0.1) is 0 Å². The summed E-state index contributed by atoms with van der Waals surface area (Å²) in [6, 6.07) is 4.31. The number of Topliss-reactive ketones (excluding diaryl/α,β-unsaturated/α-hetero) is 1. The highest BCUT2D eigenvalue weighted by Gasteiger charge is 2.30. The van der Waals surface area contributed by atoms with Crippen molar-refractivity contribution in [2.24, 2.45) is 0 Å². The van der Waals surface area contributed by atoms with Crippen molar-refractivity contribution in [1.82, 2.24) is 0 Å². The van der Waals surface area contributed by atoms with Gasteiger partial charge in [0.1, 0.15) is 12.4 Å². The van der Waals surface area contributed by atoms with Gasteiger partial charge in [0.15, 0.2) is 11.8 Å². The predicted molar refractivity (Wildman–Crippen MR) is 61.8 cm³/mol. The molecule has 0 bridgehead atoms. The number of rotatable bonds is 2. The third kappa shape index (κ3) is 1.95. The summed E-state index contributed by atoms with van der Waals surface area (Å²) in [6.07, 6.45) is 0. The smallest absolute Gasteiger partial charge is 0.329 e. The van der Waals surface area contributed by atoms with Gasteiger partial charge in [-0.3, -0.25) is 4.79 Å². The van der Waals surface area contributed by atoms with Crippen LogP contribution in [0.2, 0.25) is 0 Å². The molecule has 1 heterocycles. The molecule has 0 aromatic heterocycles. The van der Waals surface area contributed by atoms with Gasteiger partial charge in [-0.15, -0.1) is 0 Å². The highest BCUT2D eigenvalue weighted by molar-refractivity contribution is 5.96. The Balaban J connectivity index is 2.42. The zero-order chi connectivity index (χ0) is 12.6. The second kappa shape index (κ2) is 4.08. The highest BCUT2D eigenvalue weighted by Crippen LogP contribution is 2.33. The molecule has 17 heavy (non-hydrogen) atoms. The Labute approximate surface area is 98.6 Å². The van der Waals surface area contributed by atoms with Gasteiger partial charge in [-0.1, -0.05) is 0 Å². The maximum absolute atomic E-state index is 11.3. The monoisotopic (exact) mass is 235 g/mol. The molecule has 1 aliphatic rings. The quantitative estimate of drug-likeness (QED) is 0.779. The molecular weight excluding hydrogens is 222 g/mol. The largest absolute Gasteiger partial charge is 0.489 e. The summed E-state index contributed by atoms with van der Waals surface area (Å²) in [7, 11) is 1.68. The average Bonchev–Trinajstić information content (AvgIpc) is 2.28. The van der Waals surface area contributed by atoms with E-state index >= 15 is 0 Å². The van der Waals surface area contributed by atoms with Gasteiger partial charge in [-0.25, -0.2) is 4.79 Å². The third-order valence-electron chi connectivity index (χ3n) is 2.89. The van der Waals surface area contributed by atoms with E-state index in [4.69, 9.17) is 9.84 Å². The van der Waals surface area contributed by atoms with E-state index in [0.717, 1.165) is 0 Å². The van der Waals surface area contributed by atoms with E-state index in [0.29, 0.717) is 17.0 Å². The molecule has 1 aromatic rings. The van der Waals surface area contributed by atoms with E-state index in [1.807, 2.05) is 0 Å². The third-order valence-corrected chi connectivity index (χ3v) is 2.89. The molecule has 1 unspecified atom stereocenters. The molecule has 1 aromatic carbocycles. The Morgan fingerprint density at radius 2 is 2.18 bits per heavy atom. The summed E-state index contributed by atoms with van der Waals surface area (Å²) in [5.41, 5.74) is 1.18. The molecule has 90 valence electrons. The number of aliphatic carboxylic acids is 1. The minimum Gasteiger partial charge on any atom is -0.489 e. The summed E-state index contributed by atoms with van der Waals surface area (Å²) in [5.74, 6) is -0.389. The summed E-state index contributed by atoms with van der Waals surface area (Å²) < 4.78 is 5.37. The van der Waals surface area contributed by atoms with Gasteiger partial charge in [0.05, 0.1) is 5.69 Å². The fourth-order valence-electron chi connectivity index (χ4n) is 1.82. The highest BCUT2D eigenvalue weighted by atomic mass is 16.5. The van der Waals surface area contributed by atoms with Crippen molar-refractivity contribution >= 4 is 17.4 Å². The van der Waals surface area contributed by atoms with Crippen LogP contribution in [0.1, 0.15) is 17.3 Å². The van der Waals surface area contributed by atoms with Gasteiger partial charge in [-0.2, -0.15) is 0 Å². The molecule has 2 rings (SSSR count). The van der Waals surface area contributed by atoms with Crippen molar-refractivity contribution in [3.05, 3.63) is 23.8 Å². The Bertz CT molecular complexity index is 483. The number of hydrogen-bond acceptors (Lipinski definition) is 4. The van der Waals surface area contributed by atoms with Crippen molar-refractivity contribution in [2.75, 3.05) is 18.6 Å². The molecule has 0 spiro atoms. The van der Waals surface area contributed by atoms with Crippen LogP contribution >= 0.6 is 0 Å². The SMILES string of the molecule is CC(=O)c1ccc2c(c1)N(C)C(C(=O)O)CO2. The Kier molecular flexibility index (Phi) is 2.75. The molecule has 1 N–H and O–H groups in total. The number of benzene rings is 1. The summed E-state index contributed by atoms with van der Waals surface area (Å²) in [5, 5.41) is 9.02. The first-order valence-corrected chi connectivity index (χ1v) is 5.24. The molecule has 5 nitrogen and oxygen atoms in total. The lowest BCUT2D eigenvalue weighted by atomic mass is 10.1. The maximum atomic E-state index is 11.3. The molecule has 0 aliphatic carbocycles. The summed E-state index contributed by atoms with van der Waals surface area (Å²) >= 11 is 0. The van der Waals surface area contributed by atoms with E-state index in [1.54, 1.807) is 30.1 Å². The fourth-order valence-corrected chi connectivity index (χ4v) is 1.82. The zero-order valence-electron chi connectivity index (χ0n) is 9.64. The van der Waals surface area contributed by atoms with Crippen LogP contribution in [0.25, 0.3) is 0 Å². The Hall–Kier alpha value is -2.04. The van der Waals surface area contributed by atoms with Gasteiger partial charge in [-0.05, 0) is 25.1 Å². The van der Waals surface area contributed by atoms with Crippen molar-refractivity contribution in [3.63, 3.8) is 0 Å². The lowest BCUT2D eigenvalue weighted by Crippen LogP contribution is -2.46. The fraction of sp³-hybridized carbons (Fsp3) is 0.333. The number of carboxylic acids is 1. The number of carboxylic acid groups (broad SMARTS) is 1. The maximum Gasteiger partial charge on any atom is 0.329 e. The Morgan fingerprint density at radius 1 is 1.47 bits per heavy atom. The van der Waals surface area contributed by atoms with Gasteiger partial charge >= 0.3 is 5.97 Å². The Morgan fingerprint density at radius 3 is 2.76 bits per heavy atom. The number of hydrogen-bond donors (Lipinski definition) is 1. The van der Waals surface area contributed by atoms with Crippen LogP contribution in [-0.4, -0.2) is 36.6 Å². The minimum atomic E-state index is -0.939. The van der Waals surface area contributed by atoms with E-state index in [1.165, 1.54) is 6.92 Å². The van der Waals surface area contributed by atoms with Crippen molar-refractivity contribution in [3.8, 4) is 5.75 Å². The van der Waals surface area contributed by atoms with Crippen LogP contribution in [0.15, 0.2) is 18.2 Å². The topological polar surface area (TPSA) is 66.8 Å². The van der Waals surface area contributed by atoms with Crippen LogP contribution in [0.5, 0.6) is 5.75 Å². The minimum absolute atomic E-state index is 0.0568. The van der Waals surface area contributed by atoms with Crippen LogP contribution < -0.4 is 9.64 Å². The number of carbonyl (C=O) groups excluding carboxylic acids is 1. The first-order chi connectivity index (χ1) is 8.00. The second-order valence-electron chi connectivity index (χ2n) is 4.01. The number of anilines is 1. The summed E-state index contributed by atoms with van der Waals surface area (Å²) in [4.78, 5) is 23.9.